The molecule has 0 radical (unpaired) electrons. The second-order valence-corrected chi connectivity index (χ2v) is 6.69. The summed E-state index contributed by atoms with van der Waals surface area (Å²) < 4.78 is 32.2. The van der Waals surface area contributed by atoms with Gasteiger partial charge in [-0.1, -0.05) is 23.4 Å². The first-order chi connectivity index (χ1) is 11.4. The number of anilines is 1. The maximum Gasteiger partial charge on any atom is 0.257 e. The largest absolute Gasteiger partial charge is 0.431 e. The number of oxazole rings is 1. The number of aromatic nitrogens is 1. The van der Waals surface area contributed by atoms with Crippen molar-refractivity contribution >= 4 is 46.1 Å². The smallest absolute Gasteiger partial charge is 0.257 e. The molecule has 0 saturated heterocycles. The molecule has 3 aromatic rings. The third-order valence-corrected chi connectivity index (χ3v) is 4.34. The van der Waals surface area contributed by atoms with Crippen LogP contribution in [0.1, 0.15) is 6.92 Å². The van der Waals surface area contributed by atoms with Crippen LogP contribution in [0.4, 0.5) is 14.5 Å². The topological polar surface area (TPSA) is 55.1 Å². The van der Waals surface area contributed by atoms with Gasteiger partial charge in [0.1, 0.15) is 17.2 Å². The van der Waals surface area contributed by atoms with Crippen LogP contribution in [0, 0.1) is 11.6 Å². The average Bonchev–Trinajstić information content (AvgIpc) is 2.92. The molecule has 4 nitrogen and oxygen atoms in total. The van der Waals surface area contributed by atoms with Crippen LogP contribution in [0.25, 0.3) is 11.1 Å². The molecule has 0 fully saturated rings. The number of rotatable bonds is 4. The van der Waals surface area contributed by atoms with E-state index in [1.54, 1.807) is 25.1 Å². The van der Waals surface area contributed by atoms with E-state index in [1.807, 2.05) is 0 Å². The number of amides is 1. The molecule has 0 aliphatic carbocycles. The van der Waals surface area contributed by atoms with Crippen LogP contribution in [0.5, 0.6) is 0 Å². The fraction of sp³-hybridized carbons (Fsp3) is 0.125. The Balaban J connectivity index is 1.72. The van der Waals surface area contributed by atoms with Gasteiger partial charge in [-0.25, -0.2) is 13.8 Å². The molecular formula is C16H11ClF2N2O2S. The molecule has 1 atom stereocenters. The highest BCUT2D eigenvalue weighted by molar-refractivity contribution is 8.00. The van der Waals surface area contributed by atoms with Crippen molar-refractivity contribution in [2.24, 2.45) is 0 Å². The highest BCUT2D eigenvalue weighted by Gasteiger charge is 2.19. The van der Waals surface area contributed by atoms with Crippen molar-refractivity contribution in [2.75, 3.05) is 5.32 Å². The standard InChI is InChI=1S/C16H11ClF2N2O2S/c1-8(15(22)20-13-7-10(18)3-4-11(13)19)24-16-21-12-5-2-9(17)6-14(12)23-16/h2-8H,1H3,(H,20,22)/t8-/m0/s1. The van der Waals surface area contributed by atoms with Crippen LogP contribution in [0.3, 0.4) is 0 Å². The predicted octanol–water partition coefficient (Wildman–Crippen LogP) is 4.88. The molecule has 0 spiro atoms. The maximum atomic E-state index is 13.6. The molecule has 1 amide bonds. The van der Waals surface area contributed by atoms with E-state index in [2.05, 4.69) is 10.3 Å². The molecule has 124 valence electrons. The first-order valence-corrected chi connectivity index (χ1v) is 8.17. The Labute approximate surface area is 145 Å². The molecule has 2 aromatic carbocycles. The Morgan fingerprint density at radius 2 is 2.08 bits per heavy atom. The summed E-state index contributed by atoms with van der Waals surface area (Å²) in [5.74, 6) is -1.84. The van der Waals surface area contributed by atoms with Gasteiger partial charge in [-0.2, -0.15) is 0 Å². The number of hydrogen-bond donors (Lipinski definition) is 1. The van der Waals surface area contributed by atoms with Crippen LogP contribution in [-0.4, -0.2) is 16.1 Å². The first kappa shape index (κ1) is 16.7. The monoisotopic (exact) mass is 368 g/mol. The molecule has 8 heteroatoms. The number of nitrogens with zero attached hydrogens (tertiary/aromatic N) is 1. The number of carbonyl (C=O) groups excluding carboxylic acids is 1. The van der Waals surface area contributed by atoms with E-state index in [-0.39, 0.29) is 10.9 Å². The van der Waals surface area contributed by atoms with Crippen molar-refractivity contribution < 1.29 is 18.0 Å². The Kier molecular flexibility index (Phi) is 4.73. The third kappa shape index (κ3) is 3.68. The van der Waals surface area contributed by atoms with Gasteiger partial charge < -0.3 is 9.73 Å². The second kappa shape index (κ2) is 6.78. The minimum absolute atomic E-state index is 0.211. The van der Waals surface area contributed by atoms with E-state index < -0.39 is 22.8 Å². The number of thioether (sulfide) groups is 1. The van der Waals surface area contributed by atoms with Crippen molar-refractivity contribution in [3.63, 3.8) is 0 Å². The Bertz CT molecular complexity index is 916. The van der Waals surface area contributed by atoms with Gasteiger partial charge in [0, 0.05) is 17.2 Å². The van der Waals surface area contributed by atoms with Gasteiger partial charge in [-0.05, 0) is 31.2 Å². The Hall–Kier alpha value is -2.12. The number of nitrogens with one attached hydrogen (secondary N) is 1. The van der Waals surface area contributed by atoms with Crippen molar-refractivity contribution in [1.82, 2.24) is 4.98 Å². The van der Waals surface area contributed by atoms with E-state index >= 15 is 0 Å². The Morgan fingerprint density at radius 3 is 2.88 bits per heavy atom. The van der Waals surface area contributed by atoms with E-state index in [0.29, 0.717) is 16.1 Å². The zero-order valence-electron chi connectivity index (χ0n) is 12.3. The Morgan fingerprint density at radius 1 is 1.29 bits per heavy atom. The predicted molar refractivity (Wildman–Crippen MR) is 89.3 cm³/mol. The van der Waals surface area contributed by atoms with E-state index in [0.717, 1.165) is 30.0 Å². The van der Waals surface area contributed by atoms with Crippen molar-refractivity contribution in [3.8, 4) is 0 Å². The lowest BCUT2D eigenvalue weighted by atomic mass is 10.3. The highest BCUT2D eigenvalue weighted by atomic mass is 35.5. The molecule has 1 heterocycles. The molecule has 0 aliphatic rings. The zero-order chi connectivity index (χ0) is 17.3. The van der Waals surface area contributed by atoms with Crippen LogP contribution < -0.4 is 5.32 Å². The zero-order valence-corrected chi connectivity index (χ0v) is 13.9. The molecule has 1 N–H and O–H groups in total. The van der Waals surface area contributed by atoms with E-state index in [4.69, 9.17) is 16.0 Å². The van der Waals surface area contributed by atoms with Gasteiger partial charge in [0.05, 0.1) is 10.9 Å². The van der Waals surface area contributed by atoms with Crippen molar-refractivity contribution in [2.45, 2.75) is 17.4 Å². The van der Waals surface area contributed by atoms with Crippen LogP contribution >= 0.6 is 23.4 Å². The van der Waals surface area contributed by atoms with Crippen molar-refractivity contribution in [1.29, 1.82) is 0 Å². The van der Waals surface area contributed by atoms with Crippen LogP contribution in [0.15, 0.2) is 46.0 Å². The normalized spacial score (nSPS) is 12.3. The van der Waals surface area contributed by atoms with Gasteiger partial charge in [0.2, 0.25) is 5.91 Å². The molecule has 1 aromatic heterocycles. The minimum Gasteiger partial charge on any atom is -0.431 e. The lowest BCUT2D eigenvalue weighted by molar-refractivity contribution is -0.115. The summed E-state index contributed by atoms with van der Waals surface area (Å²) in [5.41, 5.74) is 0.913. The minimum atomic E-state index is -0.710. The lowest BCUT2D eigenvalue weighted by Crippen LogP contribution is -2.23. The van der Waals surface area contributed by atoms with E-state index in [1.165, 1.54) is 0 Å². The number of carbonyl (C=O) groups is 1. The fourth-order valence-electron chi connectivity index (χ4n) is 1.96. The van der Waals surface area contributed by atoms with E-state index in [9.17, 15) is 13.6 Å². The molecule has 3 rings (SSSR count). The van der Waals surface area contributed by atoms with Crippen LogP contribution in [0.2, 0.25) is 5.02 Å². The SMILES string of the molecule is C[C@H](Sc1nc2ccc(Cl)cc2o1)C(=O)Nc1cc(F)ccc1F. The summed E-state index contributed by atoms with van der Waals surface area (Å²) in [4.78, 5) is 16.4. The van der Waals surface area contributed by atoms with Gasteiger partial charge in [0.25, 0.3) is 5.22 Å². The maximum absolute atomic E-state index is 13.6. The van der Waals surface area contributed by atoms with Gasteiger partial charge in [-0.3, -0.25) is 4.79 Å². The summed E-state index contributed by atoms with van der Waals surface area (Å²) in [5, 5.41) is 2.52. The summed E-state index contributed by atoms with van der Waals surface area (Å²) in [6, 6.07) is 7.87. The fourth-order valence-corrected chi connectivity index (χ4v) is 2.88. The molecule has 0 bridgehead atoms. The lowest BCUT2D eigenvalue weighted by Gasteiger charge is -2.10. The van der Waals surface area contributed by atoms with Gasteiger partial charge in [0.15, 0.2) is 5.58 Å². The number of fused-ring (bicyclic) bond motifs is 1. The summed E-state index contributed by atoms with van der Waals surface area (Å²) in [7, 11) is 0. The molecule has 0 unspecified atom stereocenters. The molecule has 24 heavy (non-hydrogen) atoms. The van der Waals surface area contributed by atoms with Crippen molar-refractivity contribution in [3.05, 3.63) is 53.1 Å². The molecule has 0 saturated carbocycles. The molecular weight excluding hydrogens is 358 g/mol. The third-order valence-electron chi connectivity index (χ3n) is 3.16. The highest BCUT2D eigenvalue weighted by Crippen LogP contribution is 2.29. The number of hydrogen-bond acceptors (Lipinski definition) is 4. The van der Waals surface area contributed by atoms with Gasteiger partial charge >= 0.3 is 0 Å². The second-order valence-electron chi connectivity index (χ2n) is 4.97. The van der Waals surface area contributed by atoms with Crippen LogP contribution in [-0.2, 0) is 4.79 Å². The summed E-state index contributed by atoms with van der Waals surface area (Å²) in [6.07, 6.45) is 0. The quantitative estimate of drug-likeness (QED) is 0.667. The number of benzene rings is 2. The average molecular weight is 369 g/mol. The summed E-state index contributed by atoms with van der Waals surface area (Å²) >= 11 is 6.94. The first-order valence-electron chi connectivity index (χ1n) is 6.91. The van der Waals surface area contributed by atoms with Gasteiger partial charge in [-0.15, -0.1) is 0 Å². The summed E-state index contributed by atoms with van der Waals surface area (Å²) in [6.45, 7) is 1.61. The number of halogens is 3. The molecule has 0 aliphatic heterocycles.